The van der Waals surface area contributed by atoms with E-state index in [1.165, 1.54) is 0 Å². The molecule has 5 rings (SSSR count). The first-order valence-electron chi connectivity index (χ1n) is 9.17. The fourth-order valence-corrected chi connectivity index (χ4v) is 3.08. The van der Waals surface area contributed by atoms with Crippen LogP contribution in [0.25, 0.3) is 16.7 Å². The molecule has 0 radical (unpaired) electrons. The van der Waals surface area contributed by atoms with Crippen LogP contribution in [0.2, 0.25) is 0 Å². The zero-order valence-corrected chi connectivity index (χ0v) is 15.5. The van der Waals surface area contributed by atoms with Crippen molar-refractivity contribution in [1.29, 1.82) is 0 Å². The van der Waals surface area contributed by atoms with Gasteiger partial charge in [0, 0.05) is 0 Å². The van der Waals surface area contributed by atoms with Gasteiger partial charge in [0.25, 0.3) is 0 Å². The molecule has 0 aliphatic rings. The van der Waals surface area contributed by atoms with Crippen LogP contribution >= 0.6 is 0 Å². The molecule has 3 heterocycles. The number of rotatable bonds is 6. The van der Waals surface area contributed by atoms with E-state index in [9.17, 15) is 0 Å². The first-order chi connectivity index (χ1) is 14.4. The Morgan fingerprint density at radius 2 is 1.76 bits per heavy atom. The van der Waals surface area contributed by atoms with Crippen LogP contribution in [0.15, 0.2) is 78.3 Å². The Morgan fingerprint density at radius 1 is 0.966 bits per heavy atom. The van der Waals surface area contributed by atoms with E-state index in [1.54, 1.807) is 23.3 Å². The van der Waals surface area contributed by atoms with Crippen molar-refractivity contribution in [3.8, 4) is 0 Å². The minimum Gasteiger partial charge on any atom is -0.387 e. The maximum Gasteiger partial charge on any atom is 0.192 e. The van der Waals surface area contributed by atoms with Gasteiger partial charge in [0.1, 0.15) is 6.33 Å². The van der Waals surface area contributed by atoms with Gasteiger partial charge in [-0.3, -0.25) is 0 Å². The van der Waals surface area contributed by atoms with Gasteiger partial charge in [-0.1, -0.05) is 65.8 Å². The molecule has 2 aromatic carbocycles. The Morgan fingerprint density at radius 3 is 2.59 bits per heavy atom. The third-order valence-corrected chi connectivity index (χ3v) is 4.46. The Hall–Kier alpha value is -4.07. The Labute approximate surface area is 166 Å². The average Bonchev–Trinajstić information content (AvgIpc) is 3.36. The van der Waals surface area contributed by atoms with E-state index in [-0.39, 0.29) is 6.61 Å². The van der Waals surface area contributed by atoms with Crippen LogP contribution in [-0.2, 0) is 18.0 Å². The zero-order valence-electron chi connectivity index (χ0n) is 15.5. The fourth-order valence-electron chi connectivity index (χ4n) is 3.08. The van der Waals surface area contributed by atoms with Crippen molar-refractivity contribution in [2.24, 2.45) is 5.16 Å². The number of hydrogen-bond donors (Lipinski definition) is 0. The van der Waals surface area contributed by atoms with Gasteiger partial charge in [-0.15, -0.1) is 5.10 Å². The lowest BCUT2D eigenvalue weighted by Crippen LogP contribution is -2.03. The summed E-state index contributed by atoms with van der Waals surface area (Å²) >= 11 is 0. The molecule has 0 atom stereocenters. The van der Waals surface area contributed by atoms with E-state index in [2.05, 4.69) is 37.5 Å². The lowest BCUT2D eigenvalue weighted by atomic mass is 10.2. The van der Waals surface area contributed by atoms with Gasteiger partial charge in [0.05, 0.1) is 24.3 Å². The topological polar surface area (TPSA) is 82.5 Å². The molecule has 5 aromatic rings. The molecule has 0 unspecified atom stereocenters. The highest BCUT2D eigenvalue weighted by Crippen LogP contribution is 2.17. The molecule has 0 aliphatic carbocycles. The normalized spacial score (nSPS) is 11.6. The van der Waals surface area contributed by atoms with Crippen LogP contribution in [0.5, 0.6) is 0 Å². The first-order valence-corrected chi connectivity index (χ1v) is 9.17. The second-order valence-electron chi connectivity index (χ2n) is 6.48. The average molecular weight is 383 g/mol. The van der Waals surface area contributed by atoms with Crippen LogP contribution in [0, 0.1) is 0 Å². The second-order valence-corrected chi connectivity index (χ2v) is 6.48. The lowest BCUT2D eigenvalue weighted by Gasteiger charge is -2.02. The summed E-state index contributed by atoms with van der Waals surface area (Å²) in [7, 11) is 0. The molecule has 0 N–H and O–H groups in total. The molecule has 0 amide bonds. The molecule has 29 heavy (non-hydrogen) atoms. The van der Waals surface area contributed by atoms with E-state index >= 15 is 0 Å². The third-order valence-electron chi connectivity index (χ3n) is 4.46. The van der Waals surface area contributed by atoms with Gasteiger partial charge in [-0.05, 0) is 11.1 Å². The molecule has 142 valence electrons. The van der Waals surface area contributed by atoms with Gasteiger partial charge in [-0.25, -0.2) is 19.2 Å². The molecule has 0 fully saturated rings. The van der Waals surface area contributed by atoms with Crippen molar-refractivity contribution in [1.82, 2.24) is 29.4 Å². The third kappa shape index (κ3) is 3.55. The van der Waals surface area contributed by atoms with Gasteiger partial charge < -0.3 is 4.84 Å². The first kappa shape index (κ1) is 17.1. The molecule has 0 spiro atoms. The van der Waals surface area contributed by atoms with E-state index in [0.29, 0.717) is 18.0 Å². The molecule has 0 aliphatic heterocycles. The number of benzene rings is 2. The summed E-state index contributed by atoms with van der Waals surface area (Å²) in [5, 5.41) is 13.7. The van der Waals surface area contributed by atoms with Gasteiger partial charge in [0.2, 0.25) is 0 Å². The second kappa shape index (κ2) is 7.51. The number of oxime groups is 1. The smallest absolute Gasteiger partial charge is 0.192 e. The van der Waals surface area contributed by atoms with E-state index in [4.69, 9.17) is 4.84 Å². The summed E-state index contributed by atoms with van der Waals surface area (Å²) < 4.78 is 3.50. The summed E-state index contributed by atoms with van der Waals surface area (Å²) in [4.78, 5) is 14.4. The number of hydrogen-bond acceptors (Lipinski definition) is 6. The van der Waals surface area contributed by atoms with Crippen LogP contribution in [0.4, 0.5) is 0 Å². The van der Waals surface area contributed by atoms with Crippen LogP contribution in [-0.4, -0.2) is 35.6 Å². The van der Waals surface area contributed by atoms with Gasteiger partial charge in [0.15, 0.2) is 23.7 Å². The lowest BCUT2D eigenvalue weighted by molar-refractivity contribution is 0.126. The van der Waals surface area contributed by atoms with Crippen molar-refractivity contribution in [2.45, 2.75) is 13.2 Å². The molecular formula is C21H17N7O. The summed E-state index contributed by atoms with van der Waals surface area (Å²) in [6.45, 7) is 0.816. The number of nitrogens with zero attached hydrogens (tertiary/aromatic N) is 7. The minimum atomic E-state index is 0.171. The van der Waals surface area contributed by atoms with Crippen molar-refractivity contribution in [3.05, 3.63) is 90.1 Å². The van der Waals surface area contributed by atoms with Crippen LogP contribution in [0.3, 0.4) is 0 Å². The highest BCUT2D eigenvalue weighted by atomic mass is 16.6. The molecule has 0 bridgehead atoms. The predicted octanol–water partition coefficient (Wildman–Crippen LogP) is 3.07. The maximum absolute atomic E-state index is 5.34. The Kier molecular flexibility index (Phi) is 4.42. The molecule has 3 aromatic heterocycles. The quantitative estimate of drug-likeness (QED) is 0.332. The summed E-state index contributed by atoms with van der Waals surface area (Å²) in [6.07, 6.45) is 5.07. The van der Waals surface area contributed by atoms with Crippen LogP contribution < -0.4 is 0 Å². The van der Waals surface area contributed by atoms with Crippen molar-refractivity contribution in [3.63, 3.8) is 0 Å². The molecule has 0 saturated carbocycles. The zero-order chi connectivity index (χ0) is 19.5. The summed E-state index contributed by atoms with van der Waals surface area (Å²) in [5.41, 5.74) is 3.58. The number of fused-ring (bicyclic) bond motifs is 3. The molecule has 8 heteroatoms. The highest BCUT2D eigenvalue weighted by molar-refractivity contribution is 5.88. The van der Waals surface area contributed by atoms with Crippen molar-refractivity contribution >= 4 is 22.9 Å². The maximum atomic E-state index is 5.34. The Balaban J connectivity index is 1.36. The van der Waals surface area contributed by atoms with E-state index in [0.717, 1.165) is 22.2 Å². The SMILES string of the molecule is C(=NOCc1nc2c3cnn(Cc4ccccc4)c3ncn2n1)c1ccccc1. The van der Waals surface area contributed by atoms with Crippen LogP contribution in [0.1, 0.15) is 17.0 Å². The van der Waals surface area contributed by atoms with Gasteiger partial charge >= 0.3 is 0 Å². The Bertz CT molecular complexity index is 1280. The largest absolute Gasteiger partial charge is 0.387 e. The van der Waals surface area contributed by atoms with Crippen molar-refractivity contribution < 1.29 is 4.84 Å². The minimum absolute atomic E-state index is 0.171. The fraction of sp³-hybridized carbons (Fsp3) is 0.0952. The molecule has 0 saturated heterocycles. The molecule has 8 nitrogen and oxygen atoms in total. The van der Waals surface area contributed by atoms with E-state index in [1.807, 2.05) is 53.2 Å². The summed E-state index contributed by atoms with van der Waals surface area (Å²) in [5.74, 6) is 0.528. The van der Waals surface area contributed by atoms with E-state index < -0.39 is 0 Å². The monoisotopic (exact) mass is 383 g/mol. The molecular weight excluding hydrogens is 366 g/mol. The highest BCUT2D eigenvalue weighted by Gasteiger charge is 2.13. The standard InChI is InChI=1S/C21H17N7O/c1-3-7-16(8-4-1)11-24-29-14-19-25-21-18-12-23-27(13-17-9-5-2-6-10-17)20(18)22-15-28(21)26-19/h1-12,15H,13-14H2. The van der Waals surface area contributed by atoms with Crippen molar-refractivity contribution in [2.75, 3.05) is 0 Å². The number of aromatic nitrogens is 6. The van der Waals surface area contributed by atoms with Gasteiger partial charge in [-0.2, -0.15) is 5.10 Å². The summed E-state index contributed by atoms with van der Waals surface area (Å²) in [6, 6.07) is 19.9. The predicted molar refractivity (Wildman–Crippen MR) is 108 cm³/mol.